The van der Waals surface area contributed by atoms with Crippen LogP contribution < -0.4 is 10.1 Å². The molecule has 136 valence electrons. The van der Waals surface area contributed by atoms with Crippen molar-refractivity contribution < 1.29 is 19.1 Å². The first-order chi connectivity index (χ1) is 12.6. The minimum absolute atomic E-state index is 0.233. The first-order valence-electron chi connectivity index (χ1n) is 8.07. The van der Waals surface area contributed by atoms with Gasteiger partial charge in [0, 0.05) is 17.7 Å². The van der Waals surface area contributed by atoms with E-state index in [2.05, 4.69) is 5.32 Å². The Labute approximate surface area is 161 Å². The number of hydrogen-bond donors (Lipinski definition) is 1. The highest BCUT2D eigenvalue weighted by Gasteiger charge is 2.31. The zero-order chi connectivity index (χ0) is 18.5. The van der Waals surface area contributed by atoms with E-state index < -0.39 is 0 Å². The Balaban J connectivity index is 1.58. The highest BCUT2D eigenvalue weighted by molar-refractivity contribution is 8.15. The monoisotopic (exact) mass is 391 g/mol. The number of rotatable bonds is 7. The minimum atomic E-state index is -0.368. The summed E-state index contributed by atoms with van der Waals surface area (Å²) in [7, 11) is 1.62. The van der Waals surface area contributed by atoms with Crippen molar-refractivity contribution in [1.29, 1.82) is 0 Å². The summed E-state index contributed by atoms with van der Waals surface area (Å²) < 4.78 is 11.3. The summed E-state index contributed by atoms with van der Waals surface area (Å²) in [5, 5.41) is 2.28. The van der Waals surface area contributed by atoms with Crippen molar-refractivity contribution in [2.45, 2.75) is 17.8 Å². The summed E-state index contributed by atoms with van der Waals surface area (Å²) in [6.07, 6.45) is 0.232. The Morgan fingerprint density at radius 2 is 1.88 bits per heavy atom. The molecule has 5 nitrogen and oxygen atoms in total. The molecule has 1 N–H and O–H groups in total. The van der Waals surface area contributed by atoms with Gasteiger partial charge in [-0.05, 0) is 30.2 Å². The fraction of sp³-hybridized carbons (Fsp3) is 0.263. The summed E-state index contributed by atoms with van der Waals surface area (Å²) in [5.74, 6) is 0.463. The first-order valence-corrected chi connectivity index (χ1v) is 9.33. The van der Waals surface area contributed by atoms with Crippen molar-refractivity contribution in [3.05, 3.63) is 64.7 Å². The van der Waals surface area contributed by atoms with E-state index in [-0.39, 0.29) is 22.5 Å². The number of carbonyl (C=O) groups is 2. The molecule has 1 fully saturated rings. The number of methoxy groups -OCH3 is 1. The van der Waals surface area contributed by atoms with Gasteiger partial charge in [0.25, 0.3) is 5.24 Å². The third kappa shape index (κ3) is 4.58. The van der Waals surface area contributed by atoms with Crippen LogP contribution in [0.25, 0.3) is 0 Å². The molecule has 0 spiro atoms. The predicted octanol–water partition coefficient (Wildman–Crippen LogP) is 4.00. The van der Waals surface area contributed by atoms with Crippen LogP contribution in [0.4, 0.5) is 4.79 Å². The smallest absolute Gasteiger partial charge is 0.286 e. The molecule has 1 saturated heterocycles. The molecule has 0 saturated carbocycles. The molecule has 0 radical (unpaired) electrons. The summed E-state index contributed by atoms with van der Waals surface area (Å²) in [5.41, 5.74) is 1.84. The van der Waals surface area contributed by atoms with Crippen molar-refractivity contribution in [3.63, 3.8) is 0 Å². The van der Waals surface area contributed by atoms with Crippen molar-refractivity contribution >= 4 is 34.5 Å². The lowest BCUT2D eigenvalue weighted by Crippen LogP contribution is -2.25. The fourth-order valence-corrected chi connectivity index (χ4v) is 3.77. The van der Waals surface area contributed by atoms with Gasteiger partial charge in [0.05, 0.1) is 5.25 Å². The topological polar surface area (TPSA) is 64.6 Å². The van der Waals surface area contributed by atoms with Crippen molar-refractivity contribution in [1.82, 2.24) is 5.32 Å². The molecule has 2 atom stereocenters. The van der Waals surface area contributed by atoms with E-state index in [1.807, 2.05) is 48.5 Å². The Bertz CT molecular complexity index is 796. The Hall–Kier alpha value is -2.02. The van der Waals surface area contributed by atoms with Crippen molar-refractivity contribution in [2.24, 2.45) is 0 Å². The molecule has 3 rings (SSSR count). The second-order valence-corrected chi connectivity index (χ2v) is 7.37. The van der Waals surface area contributed by atoms with Crippen LogP contribution in [0.3, 0.4) is 0 Å². The molecular weight excluding hydrogens is 374 g/mol. The number of carbonyl (C=O) groups excluding carboxylic acids is 2. The molecule has 2 aromatic rings. The maximum Gasteiger partial charge on any atom is 0.286 e. The van der Waals surface area contributed by atoms with Crippen molar-refractivity contribution in [2.75, 3.05) is 13.7 Å². The SMILES string of the molecule is CO[C@@H](COc1ccc(CC2SC(=O)NC2=O)cc1)c1ccccc1Cl. The summed E-state index contributed by atoms with van der Waals surface area (Å²) in [4.78, 5) is 22.8. The van der Waals surface area contributed by atoms with Gasteiger partial charge in [-0.15, -0.1) is 0 Å². The van der Waals surface area contributed by atoms with Gasteiger partial charge < -0.3 is 9.47 Å². The van der Waals surface area contributed by atoms with Crippen molar-refractivity contribution in [3.8, 4) is 5.75 Å². The van der Waals surface area contributed by atoms with E-state index in [1.54, 1.807) is 7.11 Å². The third-order valence-electron chi connectivity index (χ3n) is 4.05. The number of thioether (sulfide) groups is 1. The van der Waals surface area contributed by atoms with E-state index >= 15 is 0 Å². The maximum atomic E-state index is 11.6. The van der Waals surface area contributed by atoms with E-state index in [1.165, 1.54) is 0 Å². The Kier molecular flexibility index (Phi) is 6.19. The second-order valence-electron chi connectivity index (χ2n) is 5.79. The second kappa shape index (κ2) is 8.58. The quantitative estimate of drug-likeness (QED) is 0.772. The Morgan fingerprint density at radius 3 is 2.50 bits per heavy atom. The number of benzene rings is 2. The fourth-order valence-electron chi connectivity index (χ4n) is 2.66. The normalized spacial score (nSPS) is 17.8. The van der Waals surface area contributed by atoms with E-state index in [0.717, 1.165) is 22.9 Å². The number of amides is 2. The van der Waals surface area contributed by atoms with Crippen LogP contribution in [0, 0.1) is 0 Å². The lowest BCUT2D eigenvalue weighted by Gasteiger charge is -2.18. The minimum Gasteiger partial charge on any atom is -0.491 e. The van der Waals surface area contributed by atoms with E-state index in [4.69, 9.17) is 21.1 Å². The highest BCUT2D eigenvalue weighted by atomic mass is 35.5. The number of hydrogen-bond acceptors (Lipinski definition) is 5. The molecule has 1 unspecified atom stereocenters. The molecule has 0 bridgehead atoms. The summed E-state index contributed by atoms with van der Waals surface area (Å²) >= 11 is 7.24. The lowest BCUT2D eigenvalue weighted by molar-refractivity contribution is -0.118. The zero-order valence-corrected chi connectivity index (χ0v) is 15.7. The van der Waals surface area contributed by atoms with Gasteiger partial charge in [0.2, 0.25) is 5.91 Å². The van der Waals surface area contributed by atoms with Gasteiger partial charge >= 0.3 is 0 Å². The van der Waals surface area contributed by atoms with Gasteiger partial charge in [0.1, 0.15) is 18.5 Å². The molecule has 2 aromatic carbocycles. The van der Waals surface area contributed by atoms with E-state index in [9.17, 15) is 9.59 Å². The van der Waals surface area contributed by atoms with Crippen LogP contribution in [-0.4, -0.2) is 30.1 Å². The van der Waals surface area contributed by atoms with Gasteiger partial charge in [0.15, 0.2) is 0 Å². The summed E-state index contributed by atoms with van der Waals surface area (Å²) in [6.45, 7) is 0.328. The van der Waals surface area contributed by atoms with E-state index in [0.29, 0.717) is 23.8 Å². The average Bonchev–Trinajstić information content (AvgIpc) is 2.95. The number of ether oxygens (including phenoxy) is 2. The van der Waals surface area contributed by atoms with Crippen LogP contribution in [-0.2, 0) is 16.0 Å². The van der Waals surface area contributed by atoms with Crippen LogP contribution in [0.5, 0.6) is 5.75 Å². The zero-order valence-electron chi connectivity index (χ0n) is 14.1. The van der Waals surface area contributed by atoms with Crippen LogP contribution in [0.1, 0.15) is 17.2 Å². The Morgan fingerprint density at radius 1 is 1.15 bits per heavy atom. The molecular formula is C19H18ClNO4S. The predicted molar refractivity (Wildman–Crippen MR) is 102 cm³/mol. The largest absolute Gasteiger partial charge is 0.491 e. The lowest BCUT2D eigenvalue weighted by atomic mass is 10.1. The van der Waals surface area contributed by atoms with Gasteiger partial charge in [-0.1, -0.05) is 53.7 Å². The first kappa shape index (κ1) is 18.8. The average molecular weight is 392 g/mol. The molecule has 26 heavy (non-hydrogen) atoms. The molecule has 2 amide bonds. The molecule has 0 aliphatic carbocycles. The van der Waals surface area contributed by atoms with Gasteiger partial charge in [-0.25, -0.2) is 0 Å². The third-order valence-corrected chi connectivity index (χ3v) is 5.38. The summed E-state index contributed by atoms with van der Waals surface area (Å²) in [6, 6.07) is 15.0. The van der Waals surface area contributed by atoms with Gasteiger partial charge in [-0.2, -0.15) is 0 Å². The maximum absolute atomic E-state index is 11.6. The highest BCUT2D eigenvalue weighted by Crippen LogP contribution is 2.27. The number of nitrogens with one attached hydrogen (secondary N) is 1. The molecule has 7 heteroatoms. The number of halogens is 1. The van der Waals surface area contributed by atoms with Crippen LogP contribution in [0.2, 0.25) is 5.02 Å². The molecule has 1 aliphatic rings. The molecule has 1 aliphatic heterocycles. The number of imide groups is 1. The van der Waals surface area contributed by atoms with Crippen LogP contribution >= 0.6 is 23.4 Å². The van der Waals surface area contributed by atoms with Crippen LogP contribution in [0.15, 0.2) is 48.5 Å². The standard InChI is InChI=1S/C19H18ClNO4S/c1-24-16(14-4-2-3-5-15(14)20)11-25-13-8-6-12(7-9-13)10-17-18(22)21-19(23)26-17/h2-9,16-17H,10-11H2,1H3,(H,21,22,23)/t16-,17?/m0/s1. The molecule has 1 heterocycles. The molecule has 0 aromatic heterocycles. The van der Waals surface area contributed by atoms with Gasteiger partial charge in [-0.3, -0.25) is 14.9 Å².